The lowest BCUT2D eigenvalue weighted by Crippen LogP contribution is -3.14. The van der Waals surface area contributed by atoms with Gasteiger partial charge in [-0.25, -0.2) is 0 Å². The van der Waals surface area contributed by atoms with Crippen molar-refractivity contribution in [3.8, 4) is 0 Å². The van der Waals surface area contributed by atoms with E-state index in [-0.39, 0.29) is 0 Å². The quantitative estimate of drug-likeness (QED) is 0.607. The number of rotatable bonds is 5. The summed E-state index contributed by atoms with van der Waals surface area (Å²) in [5.41, 5.74) is 5.30. The van der Waals surface area contributed by atoms with Gasteiger partial charge in [0.05, 0.1) is 13.6 Å². The molecule has 2 atom stereocenters. The number of nitrogens with zero attached hydrogens (tertiary/aromatic N) is 1. The van der Waals surface area contributed by atoms with Crippen LogP contribution in [-0.4, -0.2) is 31.2 Å². The van der Waals surface area contributed by atoms with Crippen LogP contribution in [0.15, 0.2) is 24.5 Å². The first-order chi connectivity index (χ1) is 6.74. The maximum absolute atomic E-state index is 4.01. The Morgan fingerprint density at radius 1 is 1.43 bits per heavy atom. The number of hydrogen-bond acceptors (Lipinski definition) is 1. The molecule has 0 fully saturated rings. The molecule has 3 nitrogen and oxygen atoms in total. The normalized spacial score (nSPS) is 15.1. The molecule has 78 valence electrons. The number of likely N-dealkylation sites (N-methyl/N-ethyl adjacent to an activating group) is 1. The molecule has 4 N–H and O–H groups in total. The van der Waals surface area contributed by atoms with Crippen LogP contribution in [0.5, 0.6) is 0 Å². The number of quaternary nitrogens is 2. The molecule has 1 aromatic heterocycles. The molecule has 14 heavy (non-hydrogen) atoms. The van der Waals surface area contributed by atoms with Gasteiger partial charge in [-0.3, -0.25) is 4.98 Å². The molecule has 0 saturated heterocycles. The number of nitrogens with one attached hydrogen (secondary N) is 1. The molecule has 0 bridgehead atoms. The molecule has 1 heterocycles. The summed E-state index contributed by atoms with van der Waals surface area (Å²) >= 11 is 0. The van der Waals surface area contributed by atoms with Gasteiger partial charge in [0.1, 0.15) is 12.6 Å². The zero-order valence-electron chi connectivity index (χ0n) is 9.16. The fraction of sp³-hybridized carbons (Fsp3) is 0.545. The predicted molar refractivity (Wildman–Crippen MR) is 56.9 cm³/mol. The van der Waals surface area contributed by atoms with Crippen LogP contribution < -0.4 is 10.6 Å². The summed E-state index contributed by atoms with van der Waals surface area (Å²) in [6, 6.07) is 4.82. The zero-order chi connectivity index (χ0) is 10.4. The predicted octanol–water partition coefficient (Wildman–Crippen LogP) is -1.23. The first kappa shape index (κ1) is 11.1. The Hall–Kier alpha value is -0.930. The van der Waals surface area contributed by atoms with E-state index in [4.69, 9.17) is 0 Å². The Morgan fingerprint density at radius 2 is 2.07 bits per heavy atom. The van der Waals surface area contributed by atoms with Crippen molar-refractivity contribution in [1.29, 1.82) is 0 Å². The SMILES string of the molecule is C[C@@H](C[NH3+])[NH+](C)CCc1ccncc1. The van der Waals surface area contributed by atoms with E-state index in [0.29, 0.717) is 6.04 Å². The summed E-state index contributed by atoms with van der Waals surface area (Å²) in [7, 11) is 2.23. The van der Waals surface area contributed by atoms with E-state index in [1.165, 1.54) is 12.1 Å². The third kappa shape index (κ3) is 3.44. The van der Waals surface area contributed by atoms with Crippen molar-refractivity contribution in [2.24, 2.45) is 0 Å². The van der Waals surface area contributed by atoms with E-state index in [2.05, 4.69) is 36.8 Å². The van der Waals surface area contributed by atoms with Crippen LogP contribution in [0.25, 0.3) is 0 Å². The lowest BCUT2D eigenvalue weighted by atomic mass is 10.2. The van der Waals surface area contributed by atoms with E-state index < -0.39 is 0 Å². The average molecular weight is 195 g/mol. The molecule has 0 aliphatic heterocycles. The Morgan fingerprint density at radius 3 is 2.64 bits per heavy atom. The van der Waals surface area contributed by atoms with Crippen molar-refractivity contribution in [1.82, 2.24) is 4.98 Å². The number of pyridine rings is 1. The van der Waals surface area contributed by atoms with Crippen LogP contribution >= 0.6 is 0 Å². The molecule has 0 radical (unpaired) electrons. The van der Waals surface area contributed by atoms with E-state index in [1.807, 2.05) is 12.4 Å². The second-order valence-corrected chi connectivity index (χ2v) is 3.89. The highest BCUT2D eigenvalue weighted by Crippen LogP contribution is 1.94. The fourth-order valence-electron chi connectivity index (χ4n) is 1.38. The van der Waals surface area contributed by atoms with Crippen LogP contribution in [0.1, 0.15) is 12.5 Å². The van der Waals surface area contributed by atoms with Crippen molar-refractivity contribution in [2.75, 3.05) is 20.1 Å². The molecule has 0 aliphatic carbocycles. The van der Waals surface area contributed by atoms with Gasteiger partial charge in [0.25, 0.3) is 0 Å². The standard InChI is InChI=1S/C11H19N3/c1-10(9-12)14(2)8-5-11-3-6-13-7-4-11/h3-4,6-7,10H,5,8-9,12H2,1-2H3/p+2/t10-/m0/s1. The van der Waals surface area contributed by atoms with Gasteiger partial charge in [0, 0.05) is 18.8 Å². The minimum atomic E-state index is 0.650. The van der Waals surface area contributed by atoms with Gasteiger partial charge >= 0.3 is 0 Å². The van der Waals surface area contributed by atoms with E-state index >= 15 is 0 Å². The van der Waals surface area contributed by atoms with Crippen molar-refractivity contribution >= 4 is 0 Å². The van der Waals surface area contributed by atoms with Crippen molar-refractivity contribution in [3.05, 3.63) is 30.1 Å². The Bertz CT molecular complexity index is 248. The molecule has 3 heteroatoms. The lowest BCUT2D eigenvalue weighted by Gasteiger charge is -2.18. The lowest BCUT2D eigenvalue weighted by molar-refractivity contribution is -0.909. The van der Waals surface area contributed by atoms with Crippen molar-refractivity contribution < 1.29 is 10.6 Å². The third-order valence-corrected chi connectivity index (χ3v) is 2.83. The topological polar surface area (TPSA) is 45.0 Å². The summed E-state index contributed by atoms with van der Waals surface area (Å²) in [5, 5.41) is 0. The highest BCUT2D eigenvalue weighted by atomic mass is 15.1. The Balaban J connectivity index is 2.34. The first-order valence-corrected chi connectivity index (χ1v) is 5.24. The van der Waals surface area contributed by atoms with Crippen LogP contribution in [0, 0.1) is 0 Å². The smallest absolute Gasteiger partial charge is 0.134 e. The minimum Gasteiger partial charge on any atom is -0.353 e. The van der Waals surface area contributed by atoms with Gasteiger partial charge < -0.3 is 10.6 Å². The largest absolute Gasteiger partial charge is 0.353 e. The third-order valence-electron chi connectivity index (χ3n) is 2.83. The summed E-state index contributed by atoms with van der Waals surface area (Å²) < 4.78 is 0. The van der Waals surface area contributed by atoms with Gasteiger partial charge in [-0.1, -0.05) is 0 Å². The summed E-state index contributed by atoms with van der Waals surface area (Å²) in [4.78, 5) is 5.56. The van der Waals surface area contributed by atoms with Crippen LogP contribution in [-0.2, 0) is 6.42 Å². The molecule has 1 unspecified atom stereocenters. The maximum atomic E-state index is 4.01. The molecular weight excluding hydrogens is 174 g/mol. The second-order valence-electron chi connectivity index (χ2n) is 3.89. The number of aromatic nitrogens is 1. The molecule has 0 aromatic carbocycles. The van der Waals surface area contributed by atoms with E-state index in [1.54, 1.807) is 4.90 Å². The summed E-state index contributed by atoms with van der Waals surface area (Å²) in [6.45, 7) is 4.41. The monoisotopic (exact) mass is 195 g/mol. The molecule has 1 rings (SSSR count). The van der Waals surface area contributed by atoms with Crippen molar-refractivity contribution in [3.63, 3.8) is 0 Å². The van der Waals surface area contributed by atoms with Gasteiger partial charge in [0.15, 0.2) is 0 Å². The Kier molecular flexibility index (Phi) is 4.56. The van der Waals surface area contributed by atoms with Gasteiger partial charge in [0.2, 0.25) is 0 Å². The minimum absolute atomic E-state index is 0.650. The highest BCUT2D eigenvalue weighted by molar-refractivity contribution is 5.09. The number of hydrogen-bond donors (Lipinski definition) is 2. The van der Waals surface area contributed by atoms with E-state index in [0.717, 1.165) is 13.0 Å². The van der Waals surface area contributed by atoms with E-state index in [9.17, 15) is 0 Å². The molecular formula is C11H21N3+2. The van der Waals surface area contributed by atoms with Crippen LogP contribution in [0.2, 0.25) is 0 Å². The summed E-state index contributed by atoms with van der Waals surface area (Å²) in [5.74, 6) is 0. The molecule has 0 aliphatic rings. The zero-order valence-corrected chi connectivity index (χ0v) is 9.16. The Labute approximate surface area is 85.9 Å². The average Bonchev–Trinajstić information content (AvgIpc) is 2.26. The van der Waals surface area contributed by atoms with Gasteiger partial charge in [-0.15, -0.1) is 0 Å². The second kappa shape index (κ2) is 5.73. The van der Waals surface area contributed by atoms with Crippen LogP contribution in [0.3, 0.4) is 0 Å². The maximum Gasteiger partial charge on any atom is 0.134 e. The van der Waals surface area contributed by atoms with Gasteiger partial charge in [-0.2, -0.15) is 0 Å². The van der Waals surface area contributed by atoms with Gasteiger partial charge in [-0.05, 0) is 24.6 Å². The summed E-state index contributed by atoms with van der Waals surface area (Å²) in [6.07, 6.45) is 4.84. The molecule has 0 spiro atoms. The van der Waals surface area contributed by atoms with Crippen molar-refractivity contribution in [2.45, 2.75) is 19.4 Å². The highest BCUT2D eigenvalue weighted by Gasteiger charge is 2.11. The molecule has 0 amide bonds. The molecule has 1 aromatic rings. The first-order valence-electron chi connectivity index (χ1n) is 5.24. The molecule has 0 saturated carbocycles. The fourth-order valence-corrected chi connectivity index (χ4v) is 1.38. The van der Waals surface area contributed by atoms with Crippen LogP contribution in [0.4, 0.5) is 0 Å².